The molecule has 7 nitrogen and oxygen atoms in total. The Morgan fingerprint density at radius 3 is 2.53 bits per heavy atom. The second kappa shape index (κ2) is 8.76. The van der Waals surface area contributed by atoms with Crippen molar-refractivity contribution in [3.8, 4) is 28.5 Å². The SMILES string of the molecule is COc1ccc(C2c3c(-c4cc(Cl)ccc4O)n[nH]c3C(=O)N2Cc2ccccc2)cc1OC. The van der Waals surface area contributed by atoms with Crippen LogP contribution in [0.25, 0.3) is 11.3 Å². The minimum absolute atomic E-state index is 0.0266. The first kappa shape index (κ1) is 21.9. The lowest BCUT2D eigenvalue weighted by molar-refractivity contribution is 0.0730. The quantitative estimate of drug-likeness (QED) is 0.400. The highest BCUT2D eigenvalue weighted by Gasteiger charge is 2.42. The number of benzene rings is 3. The number of aromatic hydroxyl groups is 1. The number of halogens is 1. The molecule has 1 unspecified atom stereocenters. The first-order valence-corrected chi connectivity index (χ1v) is 11.0. The summed E-state index contributed by atoms with van der Waals surface area (Å²) in [5.74, 6) is 0.985. The van der Waals surface area contributed by atoms with Gasteiger partial charge in [-0.05, 0) is 41.5 Å². The van der Waals surface area contributed by atoms with E-state index in [1.165, 1.54) is 6.07 Å². The number of carbonyl (C=O) groups is 1. The Labute approximate surface area is 201 Å². The molecule has 1 aliphatic rings. The highest BCUT2D eigenvalue weighted by Crippen LogP contribution is 2.46. The van der Waals surface area contributed by atoms with E-state index in [0.717, 1.165) is 11.1 Å². The fourth-order valence-corrected chi connectivity index (χ4v) is 4.58. The van der Waals surface area contributed by atoms with E-state index >= 15 is 0 Å². The molecule has 3 aromatic carbocycles. The first-order chi connectivity index (χ1) is 16.5. The van der Waals surface area contributed by atoms with Crippen molar-refractivity contribution in [2.45, 2.75) is 12.6 Å². The van der Waals surface area contributed by atoms with Crippen LogP contribution in [0.2, 0.25) is 5.02 Å². The van der Waals surface area contributed by atoms with Crippen LogP contribution >= 0.6 is 11.6 Å². The molecule has 0 aliphatic carbocycles. The van der Waals surface area contributed by atoms with Crippen molar-refractivity contribution >= 4 is 17.5 Å². The fraction of sp³-hybridized carbons (Fsp3) is 0.154. The number of ether oxygens (including phenoxy) is 2. The van der Waals surface area contributed by atoms with E-state index in [1.54, 1.807) is 31.3 Å². The topological polar surface area (TPSA) is 87.7 Å². The molecule has 172 valence electrons. The van der Waals surface area contributed by atoms with Gasteiger partial charge >= 0.3 is 0 Å². The molecule has 2 N–H and O–H groups in total. The molecule has 34 heavy (non-hydrogen) atoms. The second-order valence-electron chi connectivity index (χ2n) is 7.96. The molecule has 0 bridgehead atoms. The number of carbonyl (C=O) groups excluding carboxylic acids is 1. The number of phenols is 1. The van der Waals surface area contributed by atoms with Gasteiger partial charge in [0.1, 0.15) is 17.1 Å². The summed E-state index contributed by atoms with van der Waals surface area (Å²) in [5.41, 5.74) is 3.79. The van der Waals surface area contributed by atoms with Crippen molar-refractivity contribution in [3.63, 3.8) is 0 Å². The van der Waals surface area contributed by atoms with E-state index in [4.69, 9.17) is 21.1 Å². The number of nitrogens with zero attached hydrogens (tertiary/aromatic N) is 2. The summed E-state index contributed by atoms with van der Waals surface area (Å²) in [4.78, 5) is 15.4. The van der Waals surface area contributed by atoms with Crippen molar-refractivity contribution in [3.05, 3.63) is 94.1 Å². The molecule has 5 rings (SSSR count). The number of nitrogens with one attached hydrogen (secondary N) is 1. The van der Waals surface area contributed by atoms with E-state index in [-0.39, 0.29) is 11.7 Å². The van der Waals surface area contributed by atoms with Gasteiger partial charge in [-0.25, -0.2) is 0 Å². The monoisotopic (exact) mass is 475 g/mol. The van der Waals surface area contributed by atoms with E-state index in [2.05, 4.69) is 10.2 Å². The van der Waals surface area contributed by atoms with Crippen LogP contribution < -0.4 is 9.47 Å². The molecule has 1 atom stereocenters. The molecule has 2 heterocycles. The van der Waals surface area contributed by atoms with Crippen LogP contribution in [0.5, 0.6) is 17.2 Å². The predicted octanol–water partition coefficient (Wildman–Crippen LogP) is 5.20. The van der Waals surface area contributed by atoms with Crippen LogP contribution in [0.4, 0.5) is 0 Å². The Balaban J connectivity index is 1.70. The second-order valence-corrected chi connectivity index (χ2v) is 8.39. The normalized spacial score (nSPS) is 14.9. The Kier molecular flexibility index (Phi) is 5.63. The van der Waals surface area contributed by atoms with Crippen molar-refractivity contribution < 1.29 is 19.4 Å². The van der Waals surface area contributed by atoms with Crippen LogP contribution in [-0.2, 0) is 6.54 Å². The summed E-state index contributed by atoms with van der Waals surface area (Å²) >= 11 is 6.22. The number of amides is 1. The lowest BCUT2D eigenvalue weighted by atomic mass is 9.95. The number of fused-ring (bicyclic) bond motifs is 1. The standard InChI is InChI=1S/C26H22ClN3O4/c1-33-20-11-8-16(12-21(20)34-2)25-22-23(18-13-17(27)9-10-19(18)31)28-29-24(22)26(32)30(25)14-15-6-4-3-5-7-15/h3-13,25,31H,14H2,1-2H3,(H,28,29). The molecule has 0 saturated heterocycles. The maximum atomic E-state index is 13.6. The summed E-state index contributed by atoms with van der Waals surface area (Å²) in [6, 6.07) is 19.6. The van der Waals surface area contributed by atoms with Crippen molar-refractivity contribution in [1.29, 1.82) is 0 Å². The van der Waals surface area contributed by atoms with Gasteiger partial charge in [-0.3, -0.25) is 9.89 Å². The predicted molar refractivity (Wildman–Crippen MR) is 128 cm³/mol. The molecule has 1 amide bonds. The molecular weight excluding hydrogens is 454 g/mol. The number of aromatic nitrogens is 2. The third-order valence-electron chi connectivity index (χ3n) is 6.00. The van der Waals surface area contributed by atoms with E-state index < -0.39 is 6.04 Å². The molecule has 8 heteroatoms. The van der Waals surface area contributed by atoms with Crippen LogP contribution in [0.3, 0.4) is 0 Å². The lowest BCUT2D eigenvalue weighted by Gasteiger charge is -2.27. The summed E-state index contributed by atoms with van der Waals surface area (Å²) in [7, 11) is 3.15. The average molecular weight is 476 g/mol. The summed E-state index contributed by atoms with van der Waals surface area (Å²) in [6.45, 7) is 0.391. The van der Waals surface area contributed by atoms with Gasteiger partial charge in [0.15, 0.2) is 11.5 Å². The zero-order valence-electron chi connectivity index (χ0n) is 18.6. The Morgan fingerprint density at radius 1 is 1.03 bits per heavy atom. The van der Waals surface area contributed by atoms with Gasteiger partial charge in [0, 0.05) is 22.7 Å². The van der Waals surface area contributed by atoms with Crippen molar-refractivity contribution in [2.75, 3.05) is 14.2 Å². The van der Waals surface area contributed by atoms with Crippen LogP contribution in [0.1, 0.15) is 33.2 Å². The van der Waals surface area contributed by atoms with Crippen LogP contribution in [0.15, 0.2) is 66.7 Å². The van der Waals surface area contributed by atoms with Gasteiger partial charge in [-0.15, -0.1) is 0 Å². The number of methoxy groups -OCH3 is 2. The zero-order valence-corrected chi connectivity index (χ0v) is 19.3. The molecule has 1 aliphatic heterocycles. The summed E-state index contributed by atoms with van der Waals surface area (Å²) in [6.07, 6.45) is 0. The summed E-state index contributed by atoms with van der Waals surface area (Å²) < 4.78 is 10.9. The number of H-pyrrole nitrogens is 1. The number of aromatic amines is 1. The minimum atomic E-state index is -0.477. The number of hydrogen-bond donors (Lipinski definition) is 2. The highest BCUT2D eigenvalue weighted by molar-refractivity contribution is 6.31. The van der Waals surface area contributed by atoms with Gasteiger partial charge in [0.2, 0.25) is 0 Å². The van der Waals surface area contributed by atoms with Gasteiger partial charge in [0.25, 0.3) is 5.91 Å². The summed E-state index contributed by atoms with van der Waals surface area (Å²) in [5, 5.41) is 18.3. The maximum Gasteiger partial charge on any atom is 0.273 e. The molecule has 0 saturated carbocycles. The Bertz CT molecular complexity index is 1370. The highest BCUT2D eigenvalue weighted by atomic mass is 35.5. The average Bonchev–Trinajstić information content (AvgIpc) is 3.40. The zero-order chi connectivity index (χ0) is 23.8. The number of rotatable bonds is 6. The Morgan fingerprint density at radius 2 is 1.79 bits per heavy atom. The Hall–Kier alpha value is -3.97. The van der Waals surface area contributed by atoms with Crippen molar-refractivity contribution in [1.82, 2.24) is 15.1 Å². The van der Waals surface area contributed by atoms with Crippen molar-refractivity contribution in [2.24, 2.45) is 0 Å². The molecule has 1 aromatic heterocycles. The van der Waals surface area contributed by atoms with Gasteiger partial charge < -0.3 is 19.5 Å². The van der Waals surface area contributed by atoms with Crippen LogP contribution in [0, 0.1) is 0 Å². The molecule has 0 spiro atoms. The van der Waals surface area contributed by atoms with Crippen LogP contribution in [-0.4, -0.2) is 40.3 Å². The number of hydrogen-bond acceptors (Lipinski definition) is 5. The molecular formula is C26H22ClN3O4. The van der Waals surface area contributed by atoms with Gasteiger partial charge in [0.05, 0.1) is 20.3 Å². The van der Waals surface area contributed by atoms with E-state index in [1.807, 2.05) is 48.5 Å². The smallest absolute Gasteiger partial charge is 0.273 e. The lowest BCUT2D eigenvalue weighted by Crippen LogP contribution is -2.29. The van der Waals surface area contributed by atoms with E-state index in [9.17, 15) is 9.90 Å². The first-order valence-electron chi connectivity index (χ1n) is 10.7. The fourth-order valence-electron chi connectivity index (χ4n) is 4.41. The largest absolute Gasteiger partial charge is 0.507 e. The molecule has 4 aromatic rings. The van der Waals surface area contributed by atoms with Gasteiger partial charge in [-0.1, -0.05) is 48.0 Å². The third-order valence-corrected chi connectivity index (χ3v) is 6.23. The van der Waals surface area contributed by atoms with E-state index in [0.29, 0.717) is 45.6 Å². The molecule has 0 fully saturated rings. The maximum absolute atomic E-state index is 13.6. The molecule has 0 radical (unpaired) electrons. The third kappa shape index (κ3) is 3.64. The number of phenolic OH excluding ortho intramolecular Hbond substituents is 1. The minimum Gasteiger partial charge on any atom is -0.507 e. The van der Waals surface area contributed by atoms with Gasteiger partial charge in [-0.2, -0.15) is 5.10 Å².